The molecule has 0 unspecified atom stereocenters. The van der Waals surface area contributed by atoms with E-state index in [9.17, 15) is 4.79 Å². The summed E-state index contributed by atoms with van der Waals surface area (Å²) in [6.07, 6.45) is 0. The Balaban J connectivity index is 1.63. The number of para-hydroxylation sites is 2. The maximum absolute atomic E-state index is 11.7. The number of guanidine groups is 1. The van der Waals surface area contributed by atoms with Crippen LogP contribution in [0.5, 0.6) is 5.75 Å². The smallest absolute Gasteiger partial charge is 0.251 e. The number of methoxy groups -OCH3 is 1. The molecular weight excluding hydrogens is 378 g/mol. The van der Waals surface area contributed by atoms with E-state index in [4.69, 9.17) is 9.73 Å². The minimum atomic E-state index is -0.0775. The van der Waals surface area contributed by atoms with Gasteiger partial charge in [-0.25, -0.2) is 4.99 Å². The summed E-state index contributed by atoms with van der Waals surface area (Å²) < 4.78 is 5.51. The second kappa shape index (κ2) is 10.5. The molecule has 0 spiro atoms. The highest BCUT2D eigenvalue weighted by molar-refractivity contribution is 5.93. The zero-order chi connectivity index (χ0) is 21.3. The lowest BCUT2D eigenvalue weighted by molar-refractivity contribution is 0.0963. The molecule has 30 heavy (non-hydrogen) atoms. The van der Waals surface area contributed by atoms with Crippen molar-refractivity contribution >= 4 is 17.6 Å². The van der Waals surface area contributed by atoms with Crippen molar-refractivity contribution in [2.75, 3.05) is 51.8 Å². The van der Waals surface area contributed by atoms with E-state index in [-0.39, 0.29) is 5.91 Å². The highest BCUT2D eigenvalue weighted by atomic mass is 16.5. The summed E-state index contributed by atoms with van der Waals surface area (Å²) in [6.45, 7) is 7.07. The number of nitrogens with zero attached hydrogens (tertiary/aromatic N) is 3. The van der Waals surface area contributed by atoms with E-state index in [0.717, 1.165) is 55.7 Å². The summed E-state index contributed by atoms with van der Waals surface area (Å²) in [4.78, 5) is 21.2. The van der Waals surface area contributed by atoms with Gasteiger partial charge < -0.3 is 25.2 Å². The molecule has 0 bridgehead atoms. The van der Waals surface area contributed by atoms with Crippen LogP contribution < -0.4 is 20.3 Å². The van der Waals surface area contributed by atoms with Gasteiger partial charge in [0.25, 0.3) is 5.91 Å². The number of hydrogen-bond donors (Lipinski definition) is 2. The fourth-order valence-corrected chi connectivity index (χ4v) is 3.55. The Labute approximate surface area is 178 Å². The van der Waals surface area contributed by atoms with Crippen molar-refractivity contribution in [3.05, 3.63) is 59.7 Å². The molecule has 7 heteroatoms. The molecule has 1 fully saturated rings. The molecule has 2 aromatic carbocycles. The van der Waals surface area contributed by atoms with Gasteiger partial charge in [0.2, 0.25) is 0 Å². The number of aliphatic imine (C=N–C) groups is 1. The van der Waals surface area contributed by atoms with Crippen molar-refractivity contribution < 1.29 is 9.53 Å². The van der Waals surface area contributed by atoms with E-state index in [0.29, 0.717) is 12.1 Å². The highest BCUT2D eigenvalue weighted by Crippen LogP contribution is 2.28. The first-order valence-electron chi connectivity index (χ1n) is 10.4. The van der Waals surface area contributed by atoms with Crippen LogP contribution in [0.4, 0.5) is 5.69 Å². The first-order valence-corrected chi connectivity index (χ1v) is 10.4. The van der Waals surface area contributed by atoms with Gasteiger partial charge in [0.15, 0.2) is 5.96 Å². The molecule has 0 saturated carbocycles. The molecule has 0 aliphatic carbocycles. The first-order chi connectivity index (χ1) is 14.7. The van der Waals surface area contributed by atoms with Gasteiger partial charge in [0.1, 0.15) is 5.75 Å². The van der Waals surface area contributed by atoms with Gasteiger partial charge in [0, 0.05) is 45.3 Å². The standard InChI is InChI=1S/C23H31N5O2/c1-4-25-23(26-17-18-9-11-19(12-10-18)22(29)24-2)28-15-13-27(14-16-28)20-7-5-6-8-21(20)30-3/h5-12H,4,13-17H2,1-3H3,(H,24,29)(H,25,26). The third-order valence-corrected chi connectivity index (χ3v) is 5.19. The molecule has 1 aliphatic rings. The first kappa shape index (κ1) is 21.5. The second-order valence-corrected chi connectivity index (χ2v) is 7.09. The number of hydrogen-bond acceptors (Lipinski definition) is 4. The molecule has 1 aliphatic heterocycles. The number of carbonyl (C=O) groups is 1. The maximum Gasteiger partial charge on any atom is 0.251 e. The van der Waals surface area contributed by atoms with Crippen molar-refractivity contribution in [3.63, 3.8) is 0 Å². The van der Waals surface area contributed by atoms with Crippen molar-refractivity contribution in [3.8, 4) is 5.75 Å². The number of ether oxygens (including phenoxy) is 1. The molecule has 7 nitrogen and oxygen atoms in total. The minimum Gasteiger partial charge on any atom is -0.495 e. The van der Waals surface area contributed by atoms with E-state index >= 15 is 0 Å². The fourth-order valence-electron chi connectivity index (χ4n) is 3.55. The quantitative estimate of drug-likeness (QED) is 0.566. The summed E-state index contributed by atoms with van der Waals surface area (Å²) >= 11 is 0. The predicted molar refractivity (Wildman–Crippen MR) is 121 cm³/mol. The summed E-state index contributed by atoms with van der Waals surface area (Å²) in [5.74, 6) is 1.76. The Morgan fingerprint density at radius 3 is 2.40 bits per heavy atom. The zero-order valence-electron chi connectivity index (χ0n) is 18.0. The molecule has 2 N–H and O–H groups in total. The van der Waals surface area contributed by atoms with Crippen molar-refractivity contribution in [1.29, 1.82) is 0 Å². The largest absolute Gasteiger partial charge is 0.495 e. The number of benzene rings is 2. The predicted octanol–water partition coefficient (Wildman–Crippen LogP) is 2.34. The molecule has 3 rings (SSSR count). The SMILES string of the molecule is CCNC(=NCc1ccc(C(=O)NC)cc1)N1CCN(c2ccccc2OC)CC1. The van der Waals surface area contributed by atoms with Gasteiger partial charge in [-0.1, -0.05) is 24.3 Å². The van der Waals surface area contributed by atoms with Crippen LogP contribution in [0.1, 0.15) is 22.8 Å². The molecule has 1 heterocycles. The molecule has 0 radical (unpaired) electrons. The molecule has 160 valence electrons. The zero-order valence-corrected chi connectivity index (χ0v) is 18.0. The van der Waals surface area contributed by atoms with Crippen LogP contribution >= 0.6 is 0 Å². The number of rotatable bonds is 6. The van der Waals surface area contributed by atoms with Crippen LogP contribution in [0.25, 0.3) is 0 Å². The Hall–Kier alpha value is -3.22. The van der Waals surface area contributed by atoms with Crippen molar-refractivity contribution in [2.24, 2.45) is 4.99 Å². The van der Waals surface area contributed by atoms with Crippen LogP contribution in [0.2, 0.25) is 0 Å². The Bertz CT molecular complexity index is 858. The average molecular weight is 410 g/mol. The Morgan fingerprint density at radius 2 is 1.77 bits per heavy atom. The van der Waals surface area contributed by atoms with Gasteiger partial charge in [-0.3, -0.25) is 4.79 Å². The monoisotopic (exact) mass is 409 g/mol. The topological polar surface area (TPSA) is 69.2 Å². The van der Waals surface area contributed by atoms with Crippen LogP contribution in [0, 0.1) is 0 Å². The molecular formula is C23H31N5O2. The number of anilines is 1. The van der Waals surface area contributed by atoms with E-state index in [1.165, 1.54) is 0 Å². The van der Waals surface area contributed by atoms with Gasteiger partial charge >= 0.3 is 0 Å². The van der Waals surface area contributed by atoms with Crippen molar-refractivity contribution in [1.82, 2.24) is 15.5 Å². The molecule has 1 saturated heterocycles. The Kier molecular flexibility index (Phi) is 7.54. The summed E-state index contributed by atoms with van der Waals surface area (Å²) in [6, 6.07) is 15.7. The van der Waals surface area contributed by atoms with E-state index in [2.05, 4.69) is 33.4 Å². The summed E-state index contributed by atoms with van der Waals surface area (Å²) in [7, 11) is 3.35. The number of carbonyl (C=O) groups excluding carboxylic acids is 1. The van der Waals surface area contributed by atoms with Crippen LogP contribution in [0.3, 0.4) is 0 Å². The Morgan fingerprint density at radius 1 is 1.07 bits per heavy atom. The van der Waals surface area contributed by atoms with Gasteiger partial charge in [-0.05, 0) is 36.8 Å². The second-order valence-electron chi connectivity index (χ2n) is 7.09. The number of piperazine rings is 1. The fraction of sp³-hybridized carbons (Fsp3) is 0.391. The van der Waals surface area contributed by atoms with E-state index in [1.807, 2.05) is 42.5 Å². The lowest BCUT2D eigenvalue weighted by atomic mass is 10.1. The summed E-state index contributed by atoms with van der Waals surface area (Å²) in [5, 5.41) is 6.05. The van der Waals surface area contributed by atoms with Gasteiger partial charge in [0.05, 0.1) is 19.3 Å². The maximum atomic E-state index is 11.7. The third kappa shape index (κ3) is 5.23. The number of amides is 1. The van der Waals surface area contributed by atoms with E-state index < -0.39 is 0 Å². The molecule has 1 amide bonds. The lowest BCUT2D eigenvalue weighted by Crippen LogP contribution is -2.52. The van der Waals surface area contributed by atoms with Gasteiger partial charge in [-0.2, -0.15) is 0 Å². The van der Waals surface area contributed by atoms with Crippen molar-refractivity contribution in [2.45, 2.75) is 13.5 Å². The molecule has 2 aromatic rings. The van der Waals surface area contributed by atoms with Crippen LogP contribution in [-0.4, -0.2) is 63.6 Å². The van der Waals surface area contributed by atoms with Gasteiger partial charge in [-0.15, -0.1) is 0 Å². The minimum absolute atomic E-state index is 0.0775. The average Bonchev–Trinajstić information content (AvgIpc) is 2.81. The summed E-state index contributed by atoms with van der Waals surface area (Å²) in [5.41, 5.74) is 2.87. The number of nitrogens with one attached hydrogen (secondary N) is 2. The highest BCUT2D eigenvalue weighted by Gasteiger charge is 2.21. The molecule has 0 aromatic heterocycles. The third-order valence-electron chi connectivity index (χ3n) is 5.19. The normalized spacial score (nSPS) is 14.4. The van der Waals surface area contributed by atoms with Crippen LogP contribution in [-0.2, 0) is 6.54 Å². The van der Waals surface area contributed by atoms with Crippen LogP contribution in [0.15, 0.2) is 53.5 Å². The van der Waals surface area contributed by atoms with E-state index in [1.54, 1.807) is 14.2 Å². The molecule has 0 atom stereocenters. The lowest BCUT2D eigenvalue weighted by Gasteiger charge is -2.38.